The number of nitrogens with two attached hydrogens (primary N) is 1. The molecule has 4 rings (SSSR count). The molecular weight excluding hydrogens is 494 g/mol. The average molecular weight is 524 g/mol. The monoisotopic (exact) mass is 523 g/mol. The molecule has 12 nitrogen and oxygen atoms in total. The molecule has 3 heterocycles. The number of fused-ring (bicyclic) bond motifs is 1. The third-order valence-electron chi connectivity index (χ3n) is 6.12. The van der Waals surface area contributed by atoms with Gasteiger partial charge in [0.2, 0.25) is 5.60 Å². The third-order valence-corrected chi connectivity index (χ3v) is 6.12. The van der Waals surface area contributed by atoms with E-state index < -0.39 is 48.1 Å². The second-order valence-corrected chi connectivity index (χ2v) is 9.89. The Morgan fingerprint density at radius 1 is 1.21 bits per heavy atom. The molecule has 0 radical (unpaired) electrons. The van der Waals surface area contributed by atoms with Gasteiger partial charge in [-0.2, -0.15) is 10.4 Å². The van der Waals surface area contributed by atoms with Crippen LogP contribution in [0.15, 0.2) is 48.8 Å². The molecule has 3 N–H and O–H groups in total. The maximum absolute atomic E-state index is 12.5. The fourth-order valence-electron chi connectivity index (χ4n) is 4.10. The van der Waals surface area contributed by atoms with E-state index in [0.717, 1.165) is 5.56 Å². The number of esters is 2. The summed E-state index contributed by atoms with van der Waals surface area (Å²) in [4.78, 5) is 28.6. The summed E-state index contributed by atoms with van der Waals surface area (Å²) in [5.41, 5.74) is 4.52. The molecule has 38 heavy (non-hydrogen) atoms. The van der Waals surface area contributed by atoms with E-state index in [9.17, 15) is 20.0 Å². The van der Waals surface area contributed by atoms with Crippen LogP contribution in [-0.4, -0.2) is 63.4 Å². The fraction of sp³-hybridized carbons (Fsp3) is 0.423. The average Bonchev–Trinajstić information content (AvgIpc) is 3.43. The smallest absolute Gasteiger partial charge is 0.313 e. The van der Waals surface area contributed by atoms with Gasteiger partial charge in [-0.05, 0) is 38.5 Å². The van der Waals surface area contributed by atoms with Gasteiger partial charge in [-0.25, -0.2) is 9.50 Å². The summed E-state index contributed by atoms with van der Waals surface area (Å²) in [6.07, 6.45) is -2.62. The molecule has 12 heteroatoms. The molecule has 1 saturated heterocycles. The minimum Gasteiger partial charge on any atom is -0.463 e. The van der Waals surface area contributed by atoms with Gasteiger partial charge < -0.3 is 29.8 Å². The summed E-state index contributed by atoms with van der Waals surface area (Å²) in [7, 11) is 0. The largest absolute Gasteiger partial charge is 0.463 e. The molecule has 0 bridgehead atoms. The van der Waals surface area contributed by atoms with Gasteiger partial charge in [0.1, 0.15) is 42.8 Å². The molecule has 1 fully saturated rings. The van der Waals surface area contributed by atoms with Crippen molar-refractivity contribution in [1.29, 1.82) is 5.26 Å². The highest BCUT2D eigenvalue weighted by molar-refractivity contribution is 5.75. The Morgan fingerprint density at radius 2 is 1.95 bits per heavy atom. The van der Waals surface area contributed by atoms with Crippen LogP contribution in [0.2, 0.25) is 0 Å². The van der Waals surface area contributed by atoms with Crippen LogP contribution >= 0.6 is 0 Å². The van der Waals surface area contributed by atoms with Crippen LogP contribution < -0.4 is 5.73 Å². The van der Waals surface area contributed by atoms with Crippen molar-refractivity contribution >= 4 is 23.3 Å². The van der Waals surface area contributed by atoms with Gasteiger partial charge in [0, 0.05) is 0 Å². The Kier molecular flexibility index (Phi) is 7.63. The lowest BCUT2D eigenvalue weighted by molar-refractivity contribution is -0.178. The van der Waals surface area contributed by atoms with Crippen LogP contribution in [0.3, 0.4) is 0 Å². The Hall–Kier alpha value is -4.05. The topological polar surface area (TPSA) is 171 Å². The number of carbonyl (C=O) groups is 2. The highest BCUT2D eigenvalue weighted by Gasteiger charge is 2.59. The van der Waals surface area contributed by atoms with Crippen molar-refractivity contribution in [2.45, 2.75) is 51.1 Å². The van der Waals surface area contributed by atoms with Crippen molar-refractivity contribution in [2.24, 2.45) is 5.41 Å². The van der Waals surface area contributed by atoms with Crippen LogP contribution in [0.25, 0.3) is 5.52 Å². The zero-order chi connectivity index (χ0) is 27.5. The predicted octanol–water partition coefficient (Wildman–Crippen LogP) is 1.51. The molecule has 4 atom stereocenters. The minimum absolute atomic E-state index is 0.0216. The van der Waals surface area contributed by atoms with Crippen molar-refractivity contribution in [3.05, 3.63) is 60.0 Å². The van der Waals surface area contributed by atoms with Crippen LogP contribution in [0.4, 0.5) is 5.82 Å². The first-order valence-electron chi connectivity index (χ1n) is 11.9. The van der Waals surface area contributed by atoms with E-state index >= 15 is 0 Å². The normalized spacial score (nSPS) is 23.2. The van der Waals surface area contributed by atoms with Gasteiger partial charge in [0.05, 0.1) is 17.5 Å². The van der Waals surface area contributed by atoms with E-state index in [0.29, 0.717) is 5.52 Å². The quantitative estimate of drug-likeness (QED) is 0.324. The molecule has 0 saturated carbocycles. The molecule has 0 unspecified atom stereocenters. The second kappa shape index (κ2) is 10.7. The standard InChI is InChI=1S/C26H29N5O7/c1-25(2,3)24(34)37-15-36-21-18(12-35-20(32)11-16-7-5-4-6-8-16)38-26(13-27,22(21)33)19-10-9-17-23(28)29-14-30-31(17)19/h4-10,14,18,21-22,33H,11-12,15H2,1-3H3,(H2,28,29,30)/t18-,21-,22-,26+/m1/s1. The molecule has 0 amide bonds. The number of nitriles is 1. The summed E-state index contributed by atoms with van der Waals surface area (Å²) < 4.78 is 23.7. The van der Waals surface area contributed by atoms with E-state index in [4.69, 9.17) is 24.7 Å². The number of aromatic nitrogens is 3. The van der Waals surface area contributed by atoms with Crippen LogP contribution in [-0.2, 0) is 40.6 Å². The van der Waals surface area contributed by atoms with E-state index in [1.807, 2.05) is 12.1 Å². The Balaban J connectivity index is 1.58. The first-order valence-corrected chi connectivity index (χ1v) is 11.9. The number of rotatable bonds is 8. The van der Waals surface area contributed by atoms with Gasteiger partial charge in [0.25, 0.3) is 0 Å². The highest BCUT2D eigenvalue weighted by atomic mass is 16.7. The zero-order valence-electron chi connectivity index (χ0n) is 21.2. The number of ether oxygens (including phenoxy) is 4. The molecule has 1 aromatic carbocycles. The number of aliphatic hydroxyl groups is 1. The maximum atomic E-state index is 12.5. The number of benzene rings is 1. The highest BCUT2D eigenvalue weighted by Crippen LogP contribution is 2.41. The summed E-state index contributed by atoms with van der Waals surface area (Å²) in [5.74, 6) is -0.886. The molecule has 0 aliphatic carbocycles. The third kappa shape index (κ3) is 5.31. The Morgan fingerprint density at radius 3 is 2.63 bits per heavy atom. The first kappa shape index (κ1) is 27.0. The van der Waals surface area contributed by atoms with Gasteiger partial charge in [0.15, 0.2) is 12.6 Å². The summed E-state index contributed by atoms with van der Waals surface area (Å²) in [5, 5.41) is 25.7. The summed E-state index contributed by atoms with van der Waals surface area (Å²) in [6.45, 7) is 4.21. The molecule has 3 aromatic rings. The molecule has 2 aromatic heterocycles. The molecular formula is C26H29N5O7. The number of aliphatic hydroxyl groups excluding tert-OH is 1. The number of anilines is 1. The zero-order valence-corrected chi connectivity index (χ0v) is 21.2. The van der Waals surface area contributed by atoms with Crippen LogP contribution in [0.5, 0.6) is 0 Å². The molecule has 0 spiro atoms. The summed E-state index contributed by atoms with van der Waals surface area (Å²) >= 11 is 0. The van der Waals surface area contributed by atoms with Gasteiger partial charge >= 0.3 is 11.9 Å². The van der Waals surface area contributed by atoms with Crippen molar-refractivity contribution < 1.29 is 33.6 Å². The Labute approximate surface area is 218 Å². The SMILES string of the molecule is CC(C)(C)C(=O)OCO[C@H]1[C@@H](O)[C@](C#N)(c2ccc3c(N)ncnn23)O[C@@H]1COC(=O)Cc1ccccc1. The lowest BCUT2D eigenvalue weighted by Crippen LogP contribution is -2.43. The van der Waals surface area contributed by atoms with Crippen molar-refractivity contribution in [3.8, 4) is 6.07 Å². The van der Waals surface area contributed by atoms with E-state index in [2.05, 4.69) is 10.1 Å². The number of carbonyl (C=O) groups excluding carboxylic acids is 2. The van der Waals surface area contributed by atoms with Crippen LogP contribution in [0, 0.1) is 16.7 Å². The number of nitrogens with zero attached hydrogens (tertiary/aromatic N) is 4. The second-order valence-electron chi connectivity index (χ2n) is 9.89. The van der Waals surface area contributed by atoms with Gasteiger partial charge in [-0.3, -0.25) is 9.59 Å². The van der Waals surface area contributed by atoms with E-state index in [1.165, 1.54) is 16.9 Å². The fourth-order valence-corrected chi connectivity index (χ4v) is 4.10. The van der Waals surface area contributed by atoms with Crippen molar-refractivity contribution in [3.63, 3.8) is 0 Å². The minimum atomic E-state index is -1.97. The maximum Gasteiger partial charge on any atom is 0.313 e. The van der Waals surface area contributed by atoms with E-state index in [1.54, 1.807) is 51.1 Å². The molecule has 1 aliphatic heterocycles. The van der Waals surface area contributed by atoms with Crippen LogP contribution in [0.1, 0.15) is 32.0 Å². The lowest BCUT2D eigenvalue weighted by Gasteiger charge is -2.25. The Bertz CT molecular complexity index is 1350. The van der Waals surface area contributed by atoms with Gasteiger partial charge in [-0.1, -0.05) is 30.3 Å². The van der Waals surface area contributed by atoms with Crippen molar-refractivity contribution in [1.82, 2.24) is 14.6 Å². The number of hydrogen-bond acceptors (Lipinski definition) is 11. The van der Waals surface area contributed by atoms with Crippen molar-refractivity contribution in [2.75, 3.05) is 19.1 Å². The predicted molar refractivity (Wildman–Crippen MR) is 132 cm³/mol. The molecule has 1 aliphatic rings. The molecule has 200 valence electrons. The lowest BCUT2D eigenvalue weighted by atomic mass is 9.92. The van der Waals surface area contributed by atoms with E-state index in [-0.39, 0.29) is 24.5 Å². The van der Waals surface area contributed by atoms with Gasteiger partial charge in [-0.15, -0.1) is 0 Å². The number of hydrogen-bond donors (Lipinski definition) is 2. The number of nitrogen functional groups attached to an aromatic ring is 1. The summed E-state index contributed by atoms with van der Waals surface area (Å²) in [6, 6.07) is 14.2. The first-order chi connectivity index (χ1) is 18.1.